The first-order chi connectivity index (χ1) is 11.2. The molecule has 0 aliphatic carbocycles. The third-order valence-electron chi connectivity index (χ3n) is 3.47. The average molecular weight is 326 g/mol. The third kappa shape index (κ3) is 3.48. The van der Waals surface area contributed by atoms with Crippen molar-refractivity contribution in [1.82, 2.24) is 15.0 Å². The SMILES string of the molecule is COc1ccc(-c2nc(C)c(C(C)Nc3ncccn3)s2)cc1. The van der Waals surface area contributed by atoms with Crippen molar-refractivity contribution in [1.29, 1.82) is 0 Å². The van der Waals surface area contributed by atoms with Crippen LogP contribution in [-0.4, -0.2) is 22.1 Å². The Morgan fingerprint density at radius 2 is 1.83 bits per heavy atom. The summed E-state index contributed by atoms with van der Waals surface area (Å²) >= 11 is 1.68. The normalized spacial score (nSPS) is 12.0. The number of thiazole rings is 1. The van der Waals surface area contributed by atoms with Gasteiger partial charge in [0.2, 0.25) is 5.95 Å². The second-order valence-corrected chi connectivity index (χ2v) is 6.17. The van der Waals surface area contributed by atoms with Gasteiger partial charge in [-0.3, -0.25) is 0 Å². The molecule has 0 radical (unpaired) electrons. The van der Waals surface area contributed by atoms with Crippen LogP contribution in [0.4, 0.5) is 5.95 Å². The number of hydrogen-bond donors (Lipinski definition) is 1. The summed E-state index contributed by atoms with van der Waals surface area (Å²) in [6, 6.07) is 9.85. The number of nitrogens with zero attached hydrogens (tertiary/aromatic N) is 3. The molecule has 3 aromatic rings. The maximum atomic E-state index is 5.20. The van der Waals surface area contributed by atoms with E-state index in [0.717, 1.165) is 22.0 Å². The summed E-state index contributed by atoms with van der Waals surface area (Å²) in [4.78, 5) is 14.3. The van der Waals surface area contributed by atoms with Crippen LogP contribution < -0.4 is 10.1 Å². The molecule has 0 saturated carbocycles. The van der Waals surface area contributed by atoms with E-state index < -0.39 is 0 Å². The van der Waals surface area contributed by atoms with Crippen LogP contribution in [0.5, 0.6) is 5.75 Å². The van der Waals surface area contributed by atoms with Crippen molar-refractivity contribution in [2.45, 2.75) is 19.9 Å². The Bertz CT molecular complexity index is 771. The minimum absolute atomic E-state index is 0.0990. The average Bonchev–Trinajstić information content (AvgIpc) is 2.98. The van der Waals surface area contributed by atoms with E-state index in [4.69, 9.17) is 9.72 Å². The zero-order valence-corrected chi connectivity index (χ0v) is 14.1. The van der Waals surface area contributed by atoms with Crippen LogP contribution >= 0.6 is 11.3 Å². The second-order valence-electron chi connectivity index (χ2n) is 5.14. The summed E-state index contributed by atoms with van der Waals surface area (Å²) in [6.07, 6.45) is 3.45. The van der Waals surface area contributed by atoms with E-state index >= 15 is 0 Å². The minimum Gasteiger partial charge on any atom is -0.497 e. The second kappa shape index (κ2) is 6.75. The maximum absolute atomic E-state index is 5.20. The molecule has 0 spiro atoms. The Morgan fingerprint density at radius 3 is 2.48 bits per heavy atom. The van der Waals surface area contributed by atoms with Gasteiger partial charge in [0.05, 0.1) is 23.7 Å². The first kappa shape index (κ1) is 15.4. The molecule has 1 N–H and O–H groups in total. The highest BCUT2D eigenvalue weighted by molar-refractivity contribution is 7.15. The number of anilines is 1. The molecule has 0 saturated heterocycles. The van der Waals surface area contributed by atoms with Crippen molar-refractivity contribution in [3.05, 3.63) is 53.3 Å². The van der Waals surface area contributed by atoms with E-state index in [-0.39, 0.29) is 6.04 Å². The van der Waals surface area contributed by atoms with E-state index in [2.05, 4.69) is 22.2 Å². The number of rotatable bonds is 5. The minimum atomic E-state index is 0.0990. The molecule has 0 aliphatic heterocycles. The fourth-order valence-electron chi connectivity index (χ4n) is 2.30. The lowest BCUT2D eigenvalue weighted by Gasteiger charge is -2.12. The highest BCUT2D eigenvalue weighted by atomic mass is 32.1. The highest BCUT2D eigenvalue weighted by Crippen LogP contribution is 2.33. The van der Waals surface area contributed by atoms with Crippen LogP contribution in [-0.2, 0) is 0 Å². The molecule has 1 aromatic carbocycles. The first-order valence-electron chi connectivity index (χ1n) is 7.32. The van der Waals surface area contributed by atoms with Gasteiger partial charge in [-0.25, -0.2) is 15.0 Å². The predicted octanol–water partition coefficient (Wildman–Crippen LogP) is 4.09. The van der Waals surface area contributed by atoms with E-state index in [9.17, 15) is 0 Å². The van der Waals surface area contributed by atoms with Crippen molar-refractivity contribution in [2.24, 2.45) is 0 Å². The number of methoxy groups -OCH3 is 1. The van der Waals surface area contributed by atoms with Crippen LogP contribution in [0.25, 0.3) is 10.6 Å². The lowest BCUT2D eigenvalue weighted by molar-refractivity contribution is 0.415. The monoisotopic (exact) mass is 326 g/mol. The lowest BCUT2D eigenvalue weighted by atomic mass is 10.2. The Hall–Kier alpha value is -2.47. The Kier molecular flexibility index (Phi) is 4.52. The topological polar surface area (TPSA) is 59.9 Å². The molecule has 6 heteroatoms. The number of ether oxygens (including phenoxy) is 1. The van der Waals surface area contributed by atoms with Crippen LogP contribution in [0, 0.1) is 6.92 Å². The summed E-state index contributed by atoms with van der Waals surface area (Å²) in [5.74, 6) is 1.47. The quantitative estimate of drug-likeness (QED) is 0.765. The van der Waals surface area contributed by atoms with Gasteiger partial charge in [0, 0.05) is 18.0 Å². The van der Waals surface area contributed by atoms with Crippen LogP contribution in [0.1, 0.15) is 23.5 Å². The molecular weight excluding hydrogens is 308 g/mol. The summed E-state index contributed by atoms with van der Waals surface area (Å²) in [5.41, 5.74) is 2.12. The van der Waals surface area contributed by atoms with Crippen molar-refractivity contribution in [3.8, 4) is 16.3 Å². The summed E-state index contributed by atoms with van der Waals surface area (Å²) in [5, 5.41) is 4.31. The Labute approximate surface area is 139 Å². The van der Waals surface area contributed by atoms with Gasteiger partial charge in [-0.05, 0) is 44.2 Å². The summed E-state index contributed by atoms with van der Waals surface area (Å²) < 4.78 is 5.20. The molecule has 2 heterocycles. The number of aromatic nitrogens is 3. The Balaban J connectivity index is 1.82. The van der Waals surface area contributed by atoms with Gasteiger partial charge in [0.25, 0.3) is 0 Å². The molecule has 118 valence electrons. The molecule has 0 fully saturated rings. The largest absolute Gasteiger partial charge is 0.497 e. The number of aryl methyl sites for hydroxylation is 1. The highest BCUT2D eigenvalue weighted by Gasteiger charge is 2.16. The van der Waals surface area contributed by atoms with Crippen molar-refractivity contribution in [3.63, 3.8) is 0 Å². The van der Waals surface area contributed by atoms with Gasteiger partial charge in [-0.1, -0.05) is 0 Å². The summed E-state index contributed by atoms with van der Waals surface area (Å²) in [6.45, 7) is 4.12. The summed E-state index contributed by atoms with van der Waals surface area (Å²) in [7, 11) is 1.67. The standard InChI is InChI=1S/C17H18N4OS/c1-11-15(12(2)21-17-18-9-4-10-19-17)23-16(20-11)13-5-7-14(22-3)8-6-13/h4-10,12H,1-3H3,(H,18,19,21). The zero-order valence-electron chi connectivity index (χ0n) is 13.3. The smallest absolute Gasteiger partial charge is 0.223 e. The molecule has 2 aromatic heterocycles. The number of benzene rings is 1. The van der Waals surface area contributed by atoms with E-state index in [0.29, 0.717) is 5.95 Å². The maximum Gasteiger partial charge on any atom is 0.223 e. The fourth-order valence-corrected chi connectivity index (χ4v) is 3.37. The number of hydrogen-bond acceptors (Lipinski definition) is 6. The zero-order chi connectivity index (χ0) is 16.2. The molecule has 5 nitrogen and oxygen atoms in total. The van der Waals surface area contributed by atoms with E-state index in [1.54, 1.807) is 36.9 Å². The molecule has 0 amide bonds. The lowest BCUT2D eigenvalue weighted by Crippen LogP contribution is -2.08. The van der Waals surface area contributed by atoms with Crippen molar-refractivity contribution >= 4 is 17.3 Å². The molecule has 3 rings (SSSR count). The number of nitrogens with one attached hydrogen (secondary N) is 1. The third-order valence-corrected chi connectivity index (χ3v) is 4.86. The van der Waals surface area contributed by atoms with E-state index in [1.165, 1.54) is 4.88 Å². The van der Waals surface area contributed by atoms with E-state index in [1.807, 2.05) is 31.2 Å². The van der Waals surface area contributed by atoms with Crippen LogP contribution in [0.3, 0.4) is 0 Å². The van der Waals surface area contributed by atoms with Crippen LogP contribution in [0.2, 0.25) is 0 Å². The Morgan fingerprint density at radius 1 is 1.13 bits per heavy atom. The predicted molar refractivity (Wildman–Crippen MR) is 92.9 cm³/mol. The molecule has 0 aliphatic rings. The van der Waals surface area contributed by atoms with Crippen LogP contribution in [0.15, 0.2) is 42.7 Å². The molecule has 0 bridgehead atoms. The van der Waals surface area contributed by atoms with Gasteiger partial charge < -0.3 is 10.1 Å². The van der Waals surface area contributed by atoms with Crippen molar-refractivity contribution < 1.29 is 4.74 Å². The van der Waals surface area contributed by atoms with Gasteiger partial charge in [0.1, 0.15) is 10.8 Å². The van der Waals surface area contributed by atoms with Gasteiger partial charge in [-0.15, -0.1) is 11.3 Å². The van der Waals surface area contributed by atoms with Gasteiger partial charge >= 0.3 is 0 Å². The molecular formula is C17H18N4OS. The van der Waals surface area contributed by atoms with Crippen molar-refractivity contribution in [2.75, 3.05) is 12.4 Å². The molecule has 23 heavy (non-hydrogen) atoms. The fraction of sp³-hybridized carbons (Fsp3) is 0.235. The van der Waals surface area contributed by atoms with Gasteiger partial charge in [-0.2, -0.15) is 0 Å². The molecule has 1 atom stereocenters. The van der Waals surface area contributed by atoms with Gasteiger partial charge in [0.15, 0.2) is 0 Å². The first-order valence-corrected chi connectivity index (χ1v) is 8.14. The molecule has 1 unspecified atom stereocenters.